The first-order valence-electron chi connectivity index (χ1n) is 7.73. The van der Waals surface area contributed by atoms with Crippen LogP contribution < -0.4 is 4.74 Å². The monoisotopic (exact) mass is 369 g/mol. The quantitative estimate of drug-likeness (QED) is 0.342. The summed E-state index contributed by atoms with van der Waals surface area (Å²) in [6, 6.07) is 5.56. The molecule has 1 N–H and O–H groups in total. The van der Waals surface area contributed by atoms with Crippen LogP contribution in [0.25, 0.3) is 0 Å². The maximum atomic E-state index is 12.3. The van der Waals surface area contributed by atoms with Crippen LogP contribution in [0.3, 0.4) is 0 Å². The summed E-state index contributed by atoms with van der Waals surface area (Å²) in [6.45, 7) is 3.92. The first-order valence-corrected chi connectivity index (χ1v) is 9.46. The third kappa shape index (κ3) is 7.73. The molecule has 25 heavy (non-hydrogen) atoms. The molecule has 0 aliphatic heterocycles. The molecule has 136 valence electrons. The molecule has 0 saturated heterocycles. The van der Waals surface area contributed by atoms with Crippen LogP contribution in [0.5, 0.6) is 5.75 Å². The van der Waals surface area contributed by atoms with E-state index in [1.807, 2.05) is 0 Å². The molecule has 1 aromatic carbocycles. The summed E-state index contributed by atoms with van der Waals surface area (Å²) < 4.78 is 38.3. The van der Waals surface area contributed by atoms with E-state index in [0.29, 0.717) is 18.5 Å². The van der Waals surface area contributed by atoms with Crippen LogP contribution in [0.2, 0.25) is 0 Å². The average Bonchev–Trinajstić information content (AvgIpc) is 2.58. The summed E-state index contributed by atoms with van der Waals surface area (Å²) in [5.41, 5.74) is 0.709. The van der Waals surface area contributed by atoms with Crippen molar-refractivity contribution in [2.24, 2.45) is 4.99 Å². The minimum Gasteiger partial charge on any atom is -0.0410 e. The molecule has 0 heterocycles. The van der Waals surface area contributed by atoms with Gasteiger partial charge in [-0.15, -0.1) is 0 Å². The van der Waals surface area contributed by atoms with Gasteiger partial charge in [0.25, 0.3) is 0 Å². The summed E-state index contributed by atoms with van der Waals surface area (Å²) in [5.74, 6) is -0.667. The Morgan fingerprint density at radius 1 is 1.28 bits per heavy atom. The molecular formula is C15H21BNO7P. The van der Waals surface area contributed by atoms with Gasteiger partial charge in [0.15, 0.2) is 0 Å². The van der Waals surface area contributed by atoms with Crippen molar-refractivity contribution >= 4 is 26.8 Å². The van der Waals surface area contributed by atoms with Crippen molar-refractivity contribution in [2.45, 2.75) is 26.3 Å². The summed E-state index contributed by atoms with van der Waals surface area (Å²) >= 11 is 0. The number of carboxylic acid groups (broad SMARTS) is 1. The zero-order valence-electron chi connectivity index (χ0n) is 14.2. The van der Waals surface area contributed by atoms with Crippen LogP contribution in [-0.4, -0.2) is 49.9 Å². The fourth-order valence-corrected chi connectivity index (χ4v) is 3.26. The van der Waals surface area contributed by atoms with Crippen molar-refractivity contribution in [1.29, 1.82) is 0 Å². The summed E-state index contributed by atoms with van der Waals surface area (Å²) in [5, 5.41) is 9.08. The fraction of sp³-hybridized carbons (Fsp3) is 0.467. The van der Waals surface area contributed by atoms with E-state index in [-0.39, 0.29) is 26.0 Å². The molecule has 10 heteroatoms. The van der Waals surface area contributed by atoms with E-state index in [9.17, 15) is 14.1 Å². The smallest absolute Gasteiger partial charge is 0.0410 e. The number of ether oxygens (including phenoxy) is 1. The first-order chi connectivity index (χ1) is 11.9. The Morgan fingerprint density at radius 2 is 1.88 bits per heavy atom. The summed E-state index contributed by atoms with van der Waals surface area (Å²) in [7, 11) is -2.86. The molecule has 1 aromatic rings. The van der Waals surface area contributed by atoms with Crippen LogP contribution in [-0.2, 0) is 29.5 Å². The third-order valence-corrected chi connectivity index (χ3v) is 4.75. The Balaban J connectivity index is 2.69. The molecular weight excluding hydrogens is 348 g/mol. The Morgan fingerprint density at radius 3 is 2.36 bits per heavy atom. The molecule has 0 unspecified atom stereocenters. The normalized spacial score (nSPS) is 12.7. The number of carboxylic acids is 1. The van der Waals surface area contributed by atoms with Gasteiger partial charge in [0.05, 0.1) is 13.2 Å². The van der Waals surface area contributed by atoms with Gasteiger partial charge < -0.3 is 0 Å². The van der Waals surface area contributed by atoms with Crippen LogP contribution in [0.4, 0.5) is 0 Å². The maximum absolute atomic E-state index is 12.3. The third-order valence-electron chi connectivity index (χ3n) is 3.01. The van der Waals surface area contributed by atoms with Crippen molar-refractivity contribution in [3.8, 4) is 5.75 Å². The van der Waals surface area contributed by atoms with Crippen LogP contribution in [0.15, 0.2) is 29.3 Å². The molecule has 0 aromatic heterocycles. The average molecular weight is 369 g/mol. The molecule has 0 bridgehead atoms. The Labute approximate surface area is 147 Å². The molecule has 0 radical (unpaired) electrons. The number of benzene rings is 1. The van der Waals surface area contributed by atoms with E-state index in [1.165, 1.54) is 0 Å². The molecule has 0 saturated carbocycles. The second-order valence-electron chi connectivity index (χ2n) is 4.86. The van der Waals surface area contributed by atoms with Crippen molar-refractivity contribution in [3.05, 3.63) is 29.8 Å². The van der Waals surface area contributed by atoms with Gasteiger partial charge in [-0.05, 0) is 13.8 Å². The molecule has 0 aliphatic rings. The zero-order valence-corrected chi connectivity index (χ0v) is 15.1. The van der Waals surface area contributed by atoms with Crippen LogP contribution in [0.1, 0.15) is 19.4 Å². The van der Waals surface area contributed by atoms with Crippen molar-refractivity contribution in [2.75, 3.05) is 19.6 Å². The number of aliphatic imine (C=N–C) groups is 1. The van der Waals surface area contributed by atoms with Crippen molar-refractivity contribution < 1.29 is 33.0 Å². The van der Waals surface area contributed by atoms with Crippen molar-refractivity contribution in [1.82, 2.24) is 0 Å². The number of rotatable bonds is 12. The van der Waals surface area contributed by atoms with E-state index in [4.69, 9.17) is 18.9 Å². The van der Waals surface area contributed by atoms with E-state index < -0.39 is 19.6 Å². The molecule has 1 rings (SSSR count). The minimum absolute atomic E-state index is 0.135. The van der Waals surface area contributed by atoms with Gasteiger partial charge in [-0.3, -0.25) is 0 Å². The minimum atomic E-state index is -3.30. The van der Waals surface area contributed by atoms with Gasteiger partial charge in [0.1, 0.15) is 0 Å². The Kier molecular flexibility index (Phi) is 9.27. The topological polar surface area (TPSA) is 111 Å². The second-order valence-corrected chi connectivity index (χ2v) is 6.85. The van der Waals surface area contributed by atoms with Crippen molar-refractivity contribution in [3.63, 3.8) is 0 Å². The summed E-state index contributed by atoms with van der Waals surface area (Å²) in [6.07, 6.45) is 0.848. The number of hydrogen-bond donors (Lipinski definition) is 1. The number of nitrogens with zero attached hydrogens (tertiary/aromatic N) is 1. The van der Waals surface area contributed by atoms with E-state index in [0.717, 1.165) is 6.11 Å². The number of aliphatic carboxylic acids is 1. The van der Waals surface area contributed by atoms with Gasteiger partial charge in [-0.2, -0.15) is 0 Å². The Bertz CT molecular complexity index is 625. The van der Waals surface area contributed by atoms with Gasteiger partial charge >= 0.3 is 119 Å². The van der Waals surface area contributed by atoms with Gasteiger partial charge in [0, 0.05) is 0 Å². The predicted molar refractivity (Wildman–Crippen MR) is 92.9 cm³/mol. The number of carbonyl (C=O) groups is 1. The molecule has 0 fully saturated rings. The zero-order chi connectivity index (χ0) is 18.7. The molecule has 0 amide bonds. The predicted octanol–water partition coefficient (Wildman–Crippen LogP) is 2.36. The number of hydrogen-bond acceptors (Lipinski definition) is 7. The standard InChI is InChI=1S/C15H21BNO7P/c1-3-23-25(21,24-4-2)11-22-13-7-5-12(6-8-13)9-14(15(18)19)17-10-16-20/h5-8,10,14H,3-4,9,11H2,1-2H3,(H,18,19)/t14-/m0/s1. The SMILES string of the molecule is CCOP(=O)(COc1ccc(C[C@H](N=CB=O)C(=O)O)cc1)OCC. The first kappa shape index (κ1) is 21.2. The summed E-state index contributed by atoms with van der Waals surface area (Å²) in [4.78, 5) is 14.8. The van der Waals surface area contributed by atoms with E-state index in [1.54, 1.807) is 38.1 Å². The molecule has 1 atom stereocenters. The van der Waals surface area contributed by atoms with E-state index in [2.05, 4.69) is 4.99 Å². The molecule has 0 spiro atoms. The molecule has 8 nitrogen and oxygen atoms in total. The second kappa shape index (κ2) is 10.9. The Hall–Kier alpha value is -1.83. The van der Waals surface area contributed by atoms with Gasteiger partial charge in [-0.25, -0.2) is 0 Å². The van der Waals surface area contributed by atoms with Gasteiger partial charge in [-0.1, -0.05) is 0 Å². The van der Waals surface area contributed by atoms with Crippen LogP contribution in [0, 0.1) is 0 Å². The van der Waals surface area contributed by atoms with Gasteiger partial charge in [0.2, 0.25) is 0 Å². The van der Waals surface area contributed by atoms with Crippen LogP contribution >= 0.6 is 7.60 Å². The fourth-order valence-electron chi connectivity index (χ4n) is 1.95. The van der Waals surface area contributed by atoms with E-state index >= 15 is 0 Å². The molecule has 0 aliphatic carbocycles.